The van der Waals surface area contributed by atoms with Gasteiger partial charge < -0.3 is 5.11 Å². The topological polar surface area (TPSA) is 137 Å². The summed E-state index contributed by atoms with van der Waals surface area (Å²) in [6.45, 7) is 4.68. The molecule has 1 N–H and O–H groups in total. The Labute approximate surface area is 158 Å². The first-order valence-corrected chi connectivity index (χ1v) is 8.55. The number of carbonyl (C=O) groups excluding carboxylic acids is 1. The van der Waals surface area contributed by atoms with Crippen molar-refractivity contribution in [3.63, 3.8) is 0 Å². The average Bonchev–Trinajstić information content (AvgIpc) is 2.94. The maximum Gasteiger partial charge on any atom is 0.314 e. The number of carboxylic acids is 1. The third kappa shape index (κ3) is 2.92. The van der Waals surface area contributed by atoms with E-state index >= 15 is 0 Å². The van der Waals surface area contributed by atoms with Crippen LogP contribution in [-0.4, -0.2) is 37.0 Å². The first kappa shape index (κ1) is 19.2. The fourth-order valence-electron chi connectivity index (χ4n) is 3.40. The van der Waals surface area contributed by atoms with Gasteiger partial charge in [-0.1, -0.05) is 26.0 Å². The highest BCUT2D eigenvalue weighted by Gasteiger charge is 2.43. The Balaban J connectivity index is 2.40. The third-order valence-corrected chi connectivity index (χ3v) is 4.65. The Bertz CT molecular complexity index is 1080. The largest absolute Gasteiger partial charge is 0.481 e. The second-order valence-corrected chi connectivity index (χ2v) is 6.82. The van der Waals surface area contributed by atoms with Crippen LogP contribution in [0.5, 0.6) is 0 Å². The molecule has 2 atom stereocenters. The molecule has 0 fully saturated rings. The van der Waals surface area contributed by atoms with Crippen LogP contribution in [0.25, 0.3) is 0 Å². The molecule has 146 valence electrons. The van der Waals surface area contributed by atoms with Gasteiger partial charge in [-0.25, -0.2) is 9.67 Å². The summed E-state index contributed by atoms with van der Waals surface area (Å²) < 4.78 is 1.99. The molecular weight excluding hydrogens is 368 g/mol. The minimum atomic E-state index is -1.29. The van der Waals surface area contributed by atoms with E-state index in [-0.39, 0.29) is 22.8 Å². The molecule has 0 radical (unpaired) electrons. The van der Waals surface area contributed by atoms with Crippen LogP contribution in [0.1, 0.15) is 37.2 Å². The van der Waals surface area contributed by atoms with Gasteiger partial charge >= 0.3 is 5.97 Å². The van der Waals surface area contributed by atoms with Gasteiger partial charge in [0.05, 0.1) is 10.5 Å². The van der Waals surface area contributed by atoms with Gasteiger partial charge in [-0.2, -0.15) is 4.68 Å². The lowest BCUT2D eigenvalue weighted by Gasteiger charge is -2.31. The van der Waals surface area contributed by atoms with E-state index in [1.807, 2.05) is 0 Å². The quantitative estimate of drug-likeness (QED) is 0.632. The summed E-state index contributed by atoms with van der Waals surface area (Å²) >= 11 is 0. The van der Waals surface area contributed by atoms with Gasteiger partial charge in [0.2, 0.25) is 0 Å². The van der Waals surface area contributed by atoms with Gasteiger partial charge in [0.25, 0.3) is 17.2 Å². The second-order valence-electron chi connectivity index (χ2n) is 6.82. The van der Waals surface area contributed by atoms with Crippen molar-refractivity contribution in [1.82, 2.24) is 9.36 Å². The van der Waals surface area contributed by atoms with E-state index in [4.69, 9.17) is 0 Å². The Kier molecular flexibility index (Phi) is 4.72. The summed E-state index contributed by atoms with van der Waals surface area (Å²) in [6.07, 6.45) is 0. The second kappa shape index (κ2) is 6.87. The smallest absolute Gasteiger partial charge is 0.314 e. The van der Waals surface area contributed by atoms with Crippen molar-refractivity contribution in [2.75, 3.05) is 0 Å². The molecule has 0 saturated carbocycles. The van der Waals surface area contributed by atoms with Crippen LogP contribution >= 0.6 is 0 Å². The van der Waals surface area contributed by atoms with Crippen LogP contribution in [0.15, 0.2) is 40.1 Å². The zero-order chi connectivity index (χ0) is 20.7. The minimum absolute atomic E-state index is 0.0799. The molecule has 1 aliphatic heterocycles. The highest BCUT2D eigenvalue weighted by molar-refractivity contribution is 6.03. The molecule has 10 nitrogen and oxygen atoms in total. The number of para-hydroxylation sites is 1. The van der Waals surface area contributed by atoms with E-state index in [0.29, 0.717) is 0 Å². The molecule has 1 aromatic carbocycles. The monoisotopic (exact) mass is 386 g/mol. The summed E-state index contributed by atoms with van der Waals surface area (Å²) in [5.74, 6) is -3.58. The summed E-state index contributed by atoms with van der Waals surface area (Å²) in [5, 5.41) is 21.4. The van der Waals surface area contributed by atoms with Crippen molar-refractivity contribution in [1.29, 1.82) is 0 Å². The summed E-state index contributed by atoms with van der Waals surface area (Å²) in [7, 11) is 0. The van der Waals surface area contributed by atoms with Crippen LogP contribution < -0.4 is 5.56 Å². The first-order valence-electron chi connectivity index (χ1n) is 8.55. The number of carboxylic acid groups (broad SMARTS) is 1. The van der Waals surface area contributed by atoms with Gasteiger partial charge in [-0.15, -0.1) is 0 Å². The van der Waals surface area contributed by atoms with Crippen LogP contribution in [0, 0.1) is 22.0 Å². The molecule has 3 rings (SSSR count). The van der Waals surface area contributed by atoms with Gasteiger partial charge in [0.1, 0.15) is 12.0 Å². The molecule has 0 saturated heterocycles. The number of aliphatic carboxylic acids is 1. The molecule has 2 heterocycles. The van der Waals surface area contributed by atoms with Gasteiger partial charge in [-0.3, -0.25) is 24.5 Å². The number of hydrogen-bond acceptors (Lipinski definition) is 6. The zero-order valence-electron chi connectivity index (χ0n) is 15.4. The van der Waals surface area contributed by atoms with Crippen LogP contribution in [-0.2, 0) is 4.79 Å². The van der Waals surface area contributed by atoms with Gasteiger partial charge in [-0.05, 0) is 13.0 Å². The molecule has 2 aromatic rings. The van der Waals surface area contributed by atoms with E-state index in [2.05, 4.69) is 4.99 Å². The fourth-order valence-corrected chi connectivity index (χ4v) is 3.40. The number of nitro groups is 1. The SMILES string of the molecule is CC1=Nc2cc(=O)n(C(=O)C(C)C)n2C(c2ccccc2[N+](=O)[O-])C1C(=O)O. The van der Waals surface area contributed by atoms with Crippen molar-refractivity contribution < 1.29 is 19.6 Å². The van der Waals surface area contributed by atoms with E-state index < -0.39 is 40.2 Å². The number of fused-ring (bicyclic) bond motifs is 1. The molecule has 0 aliphatic carbocycles. The van der Waals surface area contributed by atoms with Crippen molar-refractivity contribution in [2.45, 2.75) is 26.8 Å². The number of nitro benzene ring substituents is 1. The molecule has 2 unspecified atom stereocenters. The number of carbonyl (C=O) groups is 2. The molecule has 10 heteroatoms. The number of nitrogens with zero attached hydrogens (tertiary/aromatic N) is 4. The predicted octanol–water partition coefficient (Wildman–Crippen LogP) is 2.25. The summed E-state index contributed by atoms with van der Waals surface area (Å²) in [5.41, 5.74) is -0.704. The van der Waals surface area contributed by atoms with Gasteiger partial charge in [0, 0.05) is 23.8 Å². The molecule has 0 amide bonds. The first-order chi connectivity index (χ1) is 13.1. The maximum atomic E-state index is 12.7. The van der Waals surface area contributed by atoms with E-state index in [9.17, 15) is 29.6 Å². The predicted molar refractivity (Wildman–Crippen MR) is 99.3 cm³/mol. The number of aromatic nitrogens is 2. The normalized spacial score (nSPS) is 18.5. The van der Waals surface area contributed by atoms with E-state index in [0.717, 1.165) is 10.7 Å². The van der Waals surface area contributed by atoms with Crippen molar-refractivity contribution >= 4 is 29.1 Å². The number of rotatable bonds is 4. The number of hydrogen-bond donors (Lipinski definition) is 1. The standard InChI is InChI=1S/C18H18N4O6/c1-9(2)17(24)21-14(23)8-13-19-10(3)15(18(25)26)16(20(13)21)11-6-4-5-7-12(11)22(27)28/h4-9,15-16H,1-3H3,(H,25,26). The molecule has 28 heavy (non-hydrogen) atoms. The zero-order valence-corrected chi connectivity index (χ0v) is 15.4. The molecule has 1 aromatic heterocycles. The van der Waals surface area contributed by atoms with Crippen molar-refractivity contribution in [2.24, 2.45) is 16.8 Å². The highest BCUT2D eigenvalue weighted by Crippen LogP contribution is 2.39. The summed E-state index contributed by atoms with van der Waals surface area (Å²) in [6, 6.07) is 5.63. The highest BCUT2D eigenvalue weighted by atomic mass is 16.6. The average molecular weight is 386 g/mol. The lowest BCUT2D eigenvalue weighted by Crippen LogP contribution is -2.41. The number of benzene rings is 1. The Morgan fingerprint density at radius 3 is 2.50 bits per heavy atom. The lowest BCUT2D eigenvalue weighted by molar-refractivity contribution is -0.385. The Hall–Kier alpha value is -3.56. The van der Waals surface area contributed by atoms with E-state index in [1.54, 1.807) is 13.8 Å². The fraction of sp³-hybridized carbons (Fsp3) is 0.333. The lowest BCUT2D eigenvalue weighted by atomic mass is 9.87. The Morgan fingerprint density at radius 2 is 1.93 bits per heavy atom. The minimum Gasteiger partial charge on any atom is -0.481 e. The van der Waals surface area contributed by atoms with Crippen LogP contribution in [0.4, 0.5) is 11.5 Å². The molecular formula is C18H18N4O6. The van der Waals surface area contributed by atoms with Crippen molar-refractivity contribution in [3.8, 4) is 0 Å². The van der Waals surface area contributed by atoms with E-state index in [1.165, 1.54) is 35.9 Å². The van der Waals surface area contributed by atoms with Crippen molar-refractivity contribution in [3.05, 3.63) is 56.4 Å². The van der Waals surface area contributed by atoms with Crippen LogP contribution in [0.3, 0.4) is 0 Å². The molecule has 1 aliphatic rings. The molecule has 0 bridgehead atoms. The van der Waals surface area contributed by atoms with Crippen LogP contribution in [0.2, 0.25) is 0 Å². The summed E-state index contributed by atoms with van der Waals surface area (Å²) in [4.78, 5) is 52.3. The van der Waals surface area contributed by atoms with Gasteiger partial charge in [0.15, 0.2) is 5.82 Å². The maximum absolute atomic E-state index is 12.7. The number of aliphatic imine (C=N–C) groups is 1. The third-order valence-electron chi connectivity index (χ3n) is 4.65. The Morgan fingerprint density at radius 1 is 1.29 bits per heavy atom. The molecule has 0 spiro atoms.